The second kappa shape index (κ2) is 7.44. The molecule has 1 aliphatic heterocycles. The van der Waals surface area contributed by atoms with Gasteiger partial charge in [-0.1, -0.05) is 42.0 Å². The molecule has 114 valence electrons. The minimum absolute atomic E-state index is 0.880. The Morgan fingerprint density at radius 1 is 1.00 bits per heavy atom. The van der Waals surface area contributed by atoms with E-state index in [1.165, 1.54) is 44.5 Å². The van der Waals surface area contributed by atoms with Crippen molar-refractivity contribution in [3.05, 3.63) is 47.0 Å². The normalized spacial score (nSPS) is 24.3. The van der Waals surface area contributed by atoms with Crippen molar-refractivity contribution < 1.29 is 0 Å². The summed E-state index contributed by atoms with van der Waals surface area (Å²) in [5, 5.41) is 0.897. The largest absolute Gasteiger partial charge is 0.301 e. The minimum atomic E-state index is 0.880. The maximum Gasteiger partial charge on any atom is 0.0451 e. The Bertz CT molecular complexity index is 478. The van der Waals surface area contributed by atoms with Gasteiger partial charge in [-0.15, -0.1) is 0 Å². The van der Waals surface area contributed by atoms with Gasteiger partial charge >= 0.3 is 0 Å². The van der Waals surface area contributed by atoms with Crippen molar-refractivity contribution in [2.75, 3.05) is 32.7 Å². The molecule has 21 heavy (non-hydrogen) atoms. The average Bonchev–Trinajstić information content (AvgIpc) is 2.52. The van der Waals surface area contributed by atoms with Crippen molar-refractivity contribution in [2.24, 2.45) is 5.92 Å². The number of rotatable bonds is 4. The number of hydrogen-bond acceptors (Lipinski definition) is 2. The predicted octanol–water partition coefficient (Wildman–Crippen LogP) is 3.81. The first-order chi connectivity index (χ1) is 10.3. The molecule has 0 amide bonds. The van der Waals surface area contributed by atoms with Crippen molar-refractivity contribution >= 4 is 11.6 Å². The lowest BCUT2D eigenvalue weighted by Crippen LogP contribution is -2.47. The van der Waals surface area contributed by atoms with Gasteiger partial charge in [0.05, 0.1) is 0 Å². The maximum absolute atomic E-state index is 6.26. The Kier molecular flexibility index (Phi) is 5.34. The van der Waals surface area contributed by atoms with Gasteiger partial charge in [0.2, 0.25) is 0 Å². The number of benzene rings is 1. The van der Waals surface area contributed by atoms with Gasteiger partial charge in [0.25, 0.3) is 0 Å². The summed E-state index contributed by atoms with van der Waals surface area (Å²) in [5.74, 6) is 0.880. The van der Waals surface area contributed by atoms with Crippen LogP contribution in [0.5, 0.6) is 0 Å². The Morgan fingerprint density at radius 2 is 1.76 bits per heavy atom. The number of halogens is 1. The molecule has 1 aromatic rings. The lowest BCUT2D eigenvalue weighted by Gasteiger charge is -2.36. The second-order valence-electron chi connectivity index (χ2n) is 6.32. The van der Waals surface area contributed by atoms with E-state index in [2.05, 4.69) is 34.1 Å². The van der Waals surface area contributed by atoms with E-state index in [9.17, 15) is 0 Å². The SMILES string of the molecule is Clc1ccccc1CN1CCN(CC2CC=CCC2)CC1. The molecule has 1 atom stereocenters. The zero-order chi connectivity index (χ0) is 14.5. The summed E-state index contributed by atoms with van der Waals surface area (Å²) in [6, 6.07) is 8.21. The molecule has 0 saturated carbocycles. The van der Waals surface area contributed by atoms with Crippen LogP contribution in [0.3, 0.4) is 0 Å². The monoisotopic (exact) mass is 304 g/mol. The number of piperazine rings is 1. The molecule has 0 radical (unpaired) electrons. The van der Waals surface area contributed by atoms with Crippen molar-refractivity contribution in [3.8, 4) is 0 Å². The van der Waals surface area contributed by atoms with Crippen molar-refractivity contribution in [2.45, 2.75) is 25.8 Å². The van der Waals surface area contributed by atoms with Gasteiger partial charge in [-0.25, -0.2) is 0 Å². The van der Waals surface area contributed by atoms with E-state index in [1.54, 1.807) is 0 Å². The Balaban J connectivity index is 1.44. The van der Waals surface area contributed by atoms with Crippen LogP contribution < -0.4 is 0 Å². The third-order valence-corrected chi connectivity index (χ3v) is 5.08. The fourth-order valence-electron chi connectivity index (χ4n) is 3.38. The summed E-state index contributed by atoms with van der Waals surface area (Å²) in [6.45, 7) is 6.99. The topological polar surface area (TPSA) is 6.48 Å². The zero-order valence-corrected chi connectivity index (χ0v) is 13.4. The van der Waals surface area contributed by atoms with E-state index in [0.29, 0.717) is 0 Å². The molecule has 1 fully saturated rings. The highest BCUT2D eigenvalue weighted by Gasteiger charge is 2.20. The summed E-state index contributed by atoms with van der Waals surface area (Å²) in [5.41, 5.74) is 1.25. The van der Waals surface area contributed by atoms with E-state index in [1.807, 2.05) is 12.1 Å². The third-order valence-electron chi connectivity index (χ3n) is 4.71. The van der Waals surface area contributed by atoms with Crippen LogP contribution in [0.1, 0.15) is 24.8 Å². The van der Waals surface area contributed by atoms with Gasteiger partial charge in [-0.3, -0.25) is 4.90 Å². The predicted molar refractivity (Wildman–Crippen MR) is 89.7 cm³/mol. The molecule has 3 heteroatoms. The fourth-order valence-corrected chi connectivity index (χ4v) is 3.58. The molecule has 1 saturated heterocycles. The Labute approximate surface area is 133 Å². The molecule has 1 aliphatic carbocycles. The first-order valence-corrected chi connectivity index (χ1v) is 8.52. The third kappa shape index (κ3) is 4.32. The number of nitrogens with zero attached hydrogens (tertiary/aromatic N) is 2. The molecule has 1 aromatic carbocycles. The van der Waals surface area contributed by atoms with Crippen molar-refractivity contribution in [1.29, 1.82) is 0 Å². The van der Waals surface area contributed by atoms with Crippen LogP contribution in [0.15, 0.2) is 36.4 Å². The average molecular weight is 305 g/mol. The molecule has 1 unspecified atom stereocenters. The fraction of sp³-hybridized carbons (Fsp3) is 0.556. The second-order valence-corrected chi connectivity index (χ2v) is 6.73. The smallest absolute Gasteiger partial charge is 0.0451 e. The van der Waals surface area contributed by atoms with Gasteiger partial charge in [0.15, 0.2) is 0 Å². The highest BCUT2D eigenvalue weighted by molar-refractivity contribution is 6.31. The van der Waals surface area contributed by atoms with Crippen LogP contribution in [0, 0.1) is 5.92 Å². The van der Waals surface area contributed by atoms with Gasteiger partial charge < -0.3 is 4.90 Å². The molecule has 1 heterocycles. The first-order valence-electron chi connectivity index (χ1n) is 8.14. The van der Waals surface area contributed by atoms with Crippen molar-refractivity contribution in [1.82, 2.24) is 9.80 Å². The Hall–Kier alpha value is -0.830. The van der Waals surface area contributed by atoms with E-state index < -0.39 is 0 Å². The van der Waals surface area contributed by atoms with E-state index >= 15 is 0 Å². The van der Waals surface area contributed by atoms with Crippen LogP contribution in [-0.2, 0) is 6.54 Å². The van der Waals surface area contributed by atoms with E-state index in [-0.39, 0.29) is 0 Å². The van der Waals surface area contributed by atoms with Crippen LogP contribution in [0.25, 0.3) is 0 Å². The Morgan fingerprint density at radius 3 is 2.48 bits per heavy atom. The molecule has 2 aliphatic rings. The maximum atomic E-state index is 6.26. The molecule has 2 nitrogen and oxygen atoms in total. The van der Waals surface area contributed by atoms with Gasteiger partial charge in [0.1, 0.15) is 0 Å². The van der Waals surface area contributed by atoms with Gasteiger partial charge in [0, 0.05) is 44.3 Å². The summed E-state index contributed by atoms with van der Waals surface area (Å²) in [4.78, 5) is 5.17. The standard InChI is InChI=1S/C18H25ClN2/c19-18-9-5-4-8-17(18)15-21-12-10-20(11-13-21)14-16-6-2-1-3-7-16/h1-2,4-5,8-9,16H,3,6-7,10-15H2. The molecular weight excluding hydrogens is 280 g/mol. The molecule has 0 spiro atoms. The minimum Gasteiger partial charge on any atom is -0.301 e. The summed E-state index contributed by atoms with van der Waals surface area (Å²) in [7, 11) is 0. The summed E-state index contributed by atoms with van der Waals surface area (Å²) in [6.07, 6.45) is 8.62. The first kappa shape index (κ1) is 15.1. The molecule has 0 bridgehead atoms. The quantitative estimate of drug-likeness (QED) is 0.780. The van der Waals surface area contributed by atoms with E-state index in [4.69, 9.17) is 11.6 Å². The molecule has 0 N–H and O–H groups in total. The lowest BCUT2D eigenvalue weighted by molar-refractivity contribution is 0.111. The van der Waals surface area contributed by atoms with Crippen LogP contribution in [-0.4, -0.2) is 42.5 Å². The summed E-state index contributed by atoms with van der Waals surface area (Å²) >= 11 is 6.26. The zero-order valence-electron chi connectivity index (χ0n) is 12.7. The van der Waals surface area contributed by atoms with Crippen LogP contribution in [0.4, 0.5) is 0 Å². The molecule has 3 rings (SSSR count). The van der Waals surface area contributed by atoms with Crippen LogP contribution >= 0.6 is 11.6 Å². The molecule has 0 aromatic heterocycles. The number of allylic oxidation sites excluding steroid dienone is 2. The van der Waals surface area contributed by atoms with Gasteiger partial charge in [-0.2, -0.15) is 0 Å². The van der Waals surface area contributed by atoms with Crippen LogP contribution in [0.2, 0.25) is 5.02 Å². The lowest BCUT2D eigenvalue weighted by atomic mass is 9.94. The van der Waals surface area contributed by atoms with E-state index in [0.717, 1.165) is 30.6 Å². The highest BCUT2D eigenvalue weighted by Crippen LogP contribution is 2.21. The molecular formula is C18H25ClN2. The van der Waals surface area contributed by atoms with Crippen molar-refractivity contribution in [3.63, 3.8) is 0 Å². The number of hydrogen-bond donors (Lipinski definition) is 0. The summed E-state index contributed by atoms with van der Waals surface area (Å²) < 4.78 is 0. The highest BCUT2D eigenvalue weighted by atomic mass is 35.5. The van der Waals surface area contributed by atoms with Gasteiger partial charge in [-0.05, 0) is 36.8 Å².